The van der Waals surface area contributed by atoms with Gasteiger partial charge in [0.2, 0.25) is 0 Å². The normalized spacial score (nSPS) is 50.1. The van der Waals surface area contributed by atoms with Crippen LogP contribution in [0.4, 0.5) is 0 Å². The molecule has 4 aliphatic rings. The van der Waals surface area contributed by atoms with Crippen LogP contribution in [-0.4, -0.2) is 42.6 Å². The van der Waals surface area contributed by atoms with Crippen LogP contribution in [0.1, 0.15) is 73.1 Å². The molecule has 4 rings (SSSR count). The van der Waals surface area contributed by atoms with E-state index in [4.69, 9.17) is 14.2 Å². The first-order chi connectivity index (χ1) is 14.6. The van der Waals surface area contributed by atoms with Crippen molar-refractivity contribution in [3.63, 3.8) is 0 Å². The van der Waals surface area contributed by atoms with Crippen LogP contribution >= 0.6 is 0 Å². The first-order valence-corrected chi connectivity index (χ1v) is 12.1. The monoisotopic (exact) mass is 434 g/mol. The summed E-state index contributed by atoms with van der Waals surface area (Å²) in [5.74, 6) is -0.525. The molecule has 6 heteroatoms. The Hall–Kier alpha value is -1.43. The van der Waals surface area contributed by atoms with Gasteiger partial charge in [0, 0.05) is 11.8 Å². The average molecular weight is 435 g/mol. The summed E-state index contributed by atoms with van der Waals surface area (Å²) in [6, 6.07) is 0. The fourth-order valence-corrected chi connectivity index (χ4v) is 7.37. The van der Waals surface area contributed by atoms with Gasteiger partial charge in [-0.1, -0.05) is 40.5 Å². The minimum atomic E-state index is -1.27. The number of methoxy groups -OCH3 is 1. The maximum Gasteiger partial charge on any atom is 0.322 e. The van der Waals surface area contributed by atoms with E-state index in [0.717, 1.165) is 25.7 Å². The highest BCUT2D eigenvalue weighted by molar-refractivity contribution is 6.07. The molecule has 4 fully saturated rings. The second-order valence-electron chi connectivity index (χ2n) is 11.2. The molecule has 0 aromatic heterocycles. The van der Waals surface area contributed by atoms with Crippen LogP contribution in [0.5, 0.6) is 0 Å². The number of carbonyl (C=O) groups is 3. The molecule has 1 spiro atoms. The van der Waals surface area contributed by atoms with Crippen molar-refractivity contribution in [2.24, 2.45) is 40.9 Å². The van der Waals surface area contributed by atoms with Crippen molar-refractivity contribution in [3.8, 4) is 0 Å². The van der Waals surface area contributed by atoms with Crippen LogP contribution < -0.4 is 0 Å². The van der Waals surface area contributed by atoms with Crippen molar-refractivity contribution in [2.75, 3.05) is 7.11 Å². The Morgan fingerprint density at radius 2 is 1.77 bits per heavy atom. The molecular formula is C25H38O6. The zero-order valence-corrected chi connectivity index (χ0v) is 19.8. The van der Waals surface area contributed by atoms with Crippen molar-refractivity contribution in [1.29, 1.82) is 0 Å². The van der Waals surface area contributed by atoms with Crippen LogP contribution in [0.3, 0.4) is 0 Å². The number of ketones is 1. The van der Waals surface area contributed by atoms with Crippen LogP contribution in [0.25, 0.3) is 0 Å². The van der Waals surface area contributed by atoms with E-state index >= 15 is 0 Å². The lowest BCUT2D eigenvalue weighted by Crippen LogP contribution is -2.63. The predicted molar refractivity (Wildman–Crippen MR) is 114 cm³/mol. The molecule has 2 bridgehead atoms. The Morgan fingerprint density at radius 1 is 1.06 bits per heavy atom. The number of esters is 2. The summed E-state index contributed by atoms with van der Waals surface area (Å²) in [4.78, 5) is 39.4. The molecule has 174 valence electrons. The first-order valence-electron chi connectivity index (χ1n) is 12.1. The number of Topliss-reactive ketones (excluding diaryl/α,β-unsaturated/α-hetero) is 1. The molecule has 3 aliphatic heterocycles. The summed E-state index contributed by atoms with van der Waals surface area (Å²) in [5, 5.41) is 0. The number of rotatable bonds is 1. The lowest BCUT2D eigenvalue weighted by molar-refractivity contribution is -0.213. The zero-order chi connectivity index (χ0) is 22.7. The number of fused-ring (bicyclic) bond motifs is 1. The summed E-state index contributed by atoms with van der Waals surface area (Å²) in [5.41, 5.74) is -2.12. The minimum absolute atomic E-state index is 0.0168. The second-order valence-corrected chi connectivity index (χ2v) is 11.2. The minimum Gasteiger partial charge on any atom is -0.469 e. The molecule has 0 unspecified atom stereocenters. The molecule has 10 atom stereocenters. The maximum atomic E-state index is 13.6. The van der Waals surface area contributed by atoms with Crippen molar-refractivity contribution in [2.45, 2.75) is 91.0 Å². The third kappa shape index (κ3) is 3.27. The molecule has 3 saturated heterocycles. The lowest BCUT2D eigenvalue weighted by Gasteiger charge is -2.52. The SMILES string of the molecule is COC(=O)[C@H]1C[C@@H]2CCC[C@@H](C)C[C@@H](C)[C@H]3O[C@@H]4[C@@](C)(C(=O)O[C@@]24C[C@@H]1C)C(=O)[C@H]3C. The average Bonchev–Trinajstić information content (AvgIpc) is 2.92. The standard InChI is InChI=1S/C25H38O6/c1-13-8-7-9-17-11-18(21(27)29-6)15(3)12-25(17)22-24(5,23(28)31-25)20(26)16(4)19(30-22)14(2)10-13/h13-19,22H,7-12H2,1-6H3/t13-,14-,15+,16+,17+,18+,19-,22-,24+,25+/m1/s1. The smallest absolute Gasteiger partial charge is 0.322 e. The summed E-state index contributed by atoms with van der Waals surface area (Å²) >= 11 is 0. The second kappa shape index (κ2) is 7.86. The first kappa shape index (κ1) is 22.8. The summed E-state index contributed by atoms with van der Waals surface area (Å²) < 4.78 is 18.1. The van der Waals surface area contributed by atoms with Gasteiger partial charge < -0.3 is 14.2 Å². The van der Waals surface area contributed by atoms with E-state index in [0.29, 0.717) is 18.8 Å². The number of ether oxygens (including phenoxy) is 3. The fraction of sp³-hybridized carbons (Fsp3) is 0.880. The molecular weight excluding hydrogens is 396 g/mol. The molecule has 1 aliphatic carbocycles. The quantitative estimate of drug-likeness (QED) is 0.459. The summed E-state index contributed by atoms with van der Waals surface area (Å²) in [6.45, 7) is 10.1. The van der Waals surface area contributed by atoms with Crippen LogP contribution in [-0.2, 0) is 28.6 Å². The number of hydrogen-bond acceptors (Lipinski definition) is 6. The van der Waals surface area contributed by atoms with Gasteiger partial charge in [0.05, 0.1) is 19.1 Å². The van der Waals surface area contributed by atoms with Gasteiger partial charge in [0.1, 0.15) is 11.7 Å². The lowest BCUT2D eigenvalue weighted by atomic mass is 9.58. The molecule has 0 N–H and O–H groups in total. The van der Waals surface area contributed by atoms with E-state index < -0.39 is 23.1 Å². The Morgan fingerprint density at radius 3 is 2.45 bits per heavy atom. The highest BCUT2D eigenvalue weighted by atomic mass is 16.6. The molecule has 0 amide bonds. The largest absolute Gasteiger partial charge is 0.469 e. The van der Waals surface area contributed by atoms with Gasteiger partial charge in [-0.05, 0) is 50.4 Å². The molecule has 31 heavy (non-hydrogen) atoms. The van der Waals surface area contributed by atoms with E-state index in [2.05, 4.69) is 13.8 Å². The third-order valence-corrected chi connectivity index (χ3v) is 9.03. The molecule has 0 aromatic rings. The van der Waals surface area contributed by atoms with Gasteiger partial charge in [-0.3, -0.25) is 14.4 Å². The Labute approximate surface area is 185 Å². The van der Waals surface area contributed by atoms with E-state index in [9.17, 15) is 14.4 Å². The molecule has 6 nitrogen and oxygen atoms in total. The van der Waals surface area contributed by atoms with Crippen molar-refractivity contribution < 1.29 is 28.6 Å². The predicted octanol–water partition coefficient (Wildman–Crippen LogP) is 3.94. The maximum absolute atomic E-state index is 13.6. The molecule has 0 radical (unpaired) electrons. The molecule has 0 aromatic carbocycles. The van der Waals surface area contributed by atoms with E-state index in [1.807, 2.05) is 13.8 Å². The van der Waals surface area contributed by atoms with Crippen LogP contribution in [0.15, 0.2) is 0 Å². The van der Waals surface area contributed by atoms with Gasteiger partial charge in [-0.2, -0.15) is 0 Å². The van der Waals surface area contributed by atoms with E-state index in [1.54, 1.807) is 6.92 Å². The van der Waals surface area contributed by atoms with Gasteiger partial charge in [-0.15, -0.1) is 0 Å². The van der Waals surface area contributed by atoms with E-state index in [1.165, 1.54) is 7.11 Å². The molecule has 3 heterocycles. The highest BCUT2D eigenvalue weighted by Crippen LogP contribution is 2.59. The van der Waals surface area contributed by atoms with Gasteiger partial charge >= 0.3 is 11.9 Å². The summed E-state index contributed by atoms with van der Waals surface area (Å²) in [7, 11) is 1.43. The van der Waals surface area contributed by atoms with Crippen molar-refractivity contribution in [3.05, 3.63) is 0 Å². The Balaban J connectivity index is 1.81. The third-order valence-electron chi connectivity index (χ3n) is 9.03. The van der Waals surface area contributed by atoms with Crippen LogP contribution in [0.2, 0.25) is 0 Å². The fourth-order valence-electron chi connectivity index (χ4n) is 7.37. The number of hydrogen-bond donors (Lipinski definition) is 0. The summed E-state index contributed by atoms with van der Waals surface area (Å²) in [6.07, 6.45) is 4.28. The molecule has 1 saturated carbocycles. The Bertz CT molecular complexity index is 763. The zero-order valence-electron chi connectivity index (χ0n) is 19.8. The van der Waals surface area contributed by atoms with Gasteiger partial charge in [0.15, 0.2) is 11.2 Å². The van der Waals surface area contributed by atoms with E-state index in [-0.39, 0.29) is 47.4 Å². The topological polar surface area (TPSA) is 78.9 Å². The van der Waals surface area contributed by atoms with Crippen molar-refractivity contribution >= 4 is 17.7 Å². The van der Waals surface area contributed by atoms with Crippen LogP contribution in [0, 0.1) is 40.9 Å². The van der Waals surface area contributed by atoms with Gasteiger partial charge in [-0.25, -0.2) is 0 Å². The number of carbonyl (C=O) groups excluding carboxylic acids is 3. The highest BCUT2D eigenvalue weighted by Gasteiger charge is 2.73. The Kier molecular flexibility index (Phi) is 5.77. The van der Waals surface area contributed by atoms with Crippen molar-refractivity contribution in [1.82, 2.24) is 0 Å². The van der Waals surface area contributed by atoms with Gasteiger partial charge in [0.25, 0.3) is 0 Å².